The first-order valence-corrected chi connectivity index (χ1v) is 12.0. The molecular weight excluding hydrogens is 372 g/mol. The van der Waals surface area contributed by atoms with E-state index in [2.05, 4.69) is 53.7 Å². The van der Waals surface area contributed by atoms with Crippen molar-refractivity contribution in [1.82, 2.24) is 14.9 Å². The maximum Gasteiger partial charge on any atom is 0.213 e. The number of nitrogens with zero attached hydrogens (tertiary/aromatic N) is 2. The fraction of sp³-hybridized carbons (Fsp3) is 0.667. The van der Waals surface area contributed by atoms with Gasteiger partial charge in [0.05, 0.1) is 5.75 Å². The first kappa shape index (κ1) is 22.7. The third kappa shape index (κ3) is 6.78. The van der Waals surface area contributed by atoms with E-state index in [9.17, 15) is 8.42 Å². The first-order valence-electron chi connectivity index (χ1n) is 10.4. The molecule has 1 aliphatic heterocycles. The van der Waals surface area contributed by atoms with Gasteiger partial charge in [0.15, 0.2) is 5.96 Å². The summed E-state index contributed by atoms with van der Waals surface area (Å²) in [6, 6.07) is 9.15. The van der Waals surface area contributed by atoms with Gasteiger partial charge in [-0.05, 0) is 49.7 Å². The highest BCUT2D eigenvalue weighted by Gasteiger charge is 2.26. The quantitative estimate of drug-likeness (QED) is 0.394. The minimum Gasteiger partial charge on any atom is -0.356 e. The predicted molar refractivity (Wildman–Crippen MR) is 117 cm³/mol. The summed E-state index contributed by atoms with van der Waals surface area (Å²) in [6.07, 6.45) is 3.69. The number of aryl methyl sites for hydroxylation is 1. The molecule has 2 rings (SSSR count). The molecule has 0 bridgehead atoms. The highest BCUT2D eigenvalue weighted by Crippen LogP contribution is 2.16. The van der Waals surface area contributed by atoms with Crippen molar-refractivity contribution < 1.29 is 8.42 Å². The van der Waals surface area contributed by atoms with Crippen LogP contribution in [0.1, 0.15) is 57.1 Å². The molecule has 1 fully saturated rings. The largest absolute Gasteiger partial charge is 0.356 e. The summed E-state index contributed by atoms with van der Waals surface area (Å²) >= 11 is 0. The van der Waals surface area contributed by atoms with Crippen LogP contribution < -0.4 is 10.6 Å². The Morgan fingerprint density at radius 3 is 2.39 bits per heavy atom. The summed E-state index contributed by atoms with van der Waals surface area (Å²) in [5, 5.41) is 6.81. The standard InChI is InChI=1S/C21H36N4O2S/c1-5-28(26,27)25-15-12-20(13-16-25)24-21(22-4)23-14-6-7-18-8-10-19(11-9-18)17(2)3/h8-11,17,20H,5-7,12-16H2,1-4H3,(H2,22,23,24). The molecule has 0 saturated carbocycles. The molecule has 7 heteroatoms. The summed E-state index contributed by atoms with van der Waals surface area (Å²) in [4.78, 5) is 4.30. The molecule has 0 aliphatic carbocycles. The van der Waals surface area contributed by atoms with Crippen molar-refractivity contribution in [2.75, 3.05) is 32.4 Å². The Balaban J connectivity index is 1.69. The molecule has 0 radical (unpaired) electrons. The molecule has 0 atom stereocenters. The molecule has 0 amide bonds. The van der Waals surface area contributed by atoms with Gasteiger partial charge in [-0.15, -0.1) is 0 Å². The van der Waals surface area contributed by atoms with Gasteiger partial charge in [0.25, 0.3) is 0 Å². The Bertz CT molecular complexity index is 721. The fourth-order valence-corrected chi connectivity index (χ4v) is 4.55. The highest BCUT2D eigenvalue weighted by molar-refractivity contribution is 7.89. The number of hydrogen-bond acceptors (Lipinski definition) is 3. The van der Waals surface area contributed by atoms with Crippen LogP contribution in [0, 0.1) is 0 Å². The average Bonchev–Trinajstić information content (AvgIpc) is 2.71. The molecule has 158 valence electrons. The molecule has 1 aromatic carbocycles. The molecule has 1 aromatic rings. The van der Waals surface area contributed by atoms with E-state index in [1.54, 1.807) is 18.3 Å². The van der Waals surface area contributed by atoms with E-state index in [1.165, 1.54) is 11.1 Å². The van der Waals surface area contributed by atoms with Crippen molar-refractivity contribution in [1.29, 1.82) is 0 Å². The van der Waals surface area contributed by atoms with E-state index in [4.69, 9.17) is 0 Å². The fourth-order valence-electron chi connectivity index (χ4n) is 3.42. The number of hydrogen-bond donors (Lipinski definition) is 2. The third-order valence-corrected chi connectivity index (χ3v) is 7.24. The van der Waals surface area contributed by atoms with Crippen molar-refractivity contribution in [3.8, 4) is 0 Å². The van der Waals surface area contributed by atoms with E-state index in [-0.39, 0.29) is 11.8 Å². The number of sulfonamides is 1. The summed E-state index contributed by atoms with van der Waals surface area (Å²) in [5.41, 5.74) is 2.74. The number of aliphatic imine (C=N–C) groups is 1. The second kappa shape index (κ2) is 10.8. The van der Waals surface area contributed by atoms with Crippen molar-refractivity contribution in [3.05, 3.63) is 35.4 Å². The number of nitrogens with one attached hydrogen (secondary N) is 2. The first-order chi connectivity index (χ1) is 13.4. The van der Waals surface area contributed by atoms with Gasteiger partial charge in [-0.2, -0.15) is 0 Å². The van der Waals surface area contributed by atoms with Crippen LogP contribution in [0.4, 0.5) is 0 Å². The summed E-state index contributed by atoms with van der Waals surface area (Å²) in [5.74, 6) is 1.54. The summed E-state index contributed by atoms with van der Waals surface area (Å²) < 4.78 is 25.5. The zero-order valence-corrected chi connectivity index (χ0v) is 18.6. The third-order valence-electron chi connectivity index (χ3n) is 5.36. The van der Waals surface area contributed by atoms with Crippen molar-refractivity contribution in [2.24, 2.45) is 4.99 Å². The molecule has 0 aromatic heterocycles. The predicted octanol–water partition coefficient (Wildman–Crippen LogP) is 2.72. The Kier molecular flexibility index (Phi) is 8.76. The van der Waals surface area contributed by atoms with E-state index >= 15 is 0 Å². The Morgan fingerprint density at radius 2 is 1.86 bits per heavy atom. The topological polar surface area (TPSA) is 73.8 Å². The minimum atomic E-state index is -3.07. The second-order valence-electron chi connectivity index (χ2n) is 7.72. The lowest BCUT2D eigenvalue weighted by Gasteiger charge is -2.32. The van der Waals surface area contributed by atoms with Crippen molar-refractivity contribution in [3.63, 3.8) is 0 Å². The zero-order valence-electron chi connectivity index (χ0n) is 17.7. The van der Waals surface area contributed by atoms with Gasteiger partial charge >= 0.3 is 0 Å². The lowest BCUT2D eigenvalue weighted by atomic mass is 10.0. The van der Waals surface area contributed by atoms with Gasteiger partial charge in [-0.25, -0.2) is 12.7 Å². The Morgan fingerprint density at radius 1 is 1.21 bits per heavy atom. The van der Waals surface area contributed by atoms with Crippen LogP contribution in [0.5, 0.6) is 0 Å². The zero-order chi connectivity index (χ0) is 20.6. The lowest BCUT2D eigenvalue weighted by Crippen LogP contribution is -2.50. The molecule has 0 spiro atoms. The average molecular weight is 409 g/mol. The minimum absolute atomic E-state index is 0.175. The van der Waals surface area contributed by atoms with Gasteiger partial charge < -0.3 is 10.6 Å². The maximum absolute atomic E-state index is 12.0. The lowest BCUT2D eigenvalue weighted by molar-refractivity contribution is 0.306. The van der Waals surface area contributed by atoms with E-state index < -0.39 is 10.0 Å². The van der Waals surface area contributed by atoms with Gasteiger partial charge in [-0.3, -0.25) is 4.99 Å². The number of piperidine rings is 1. The van der Waals surface area contributed by atoms with Crippen LogP contribution in [0.15, 0.2) is 29.3 Å². The van der Waals surface area contributed by atoms with Gasteiger partial charge in [0.2, 0.25) is 10.0 Å². The molecular formula is C21H36N4O2S. The normalized spacial score (nSPS) is 17.1. The number of guanidine groups is 1. The van der Waals surface area contributed by atoms with Crippen LogP contribution in [0.3, 0.4) is 0 Å². The number of benzene rings is 1. The molecule has 2 N–H and O–H groups in total. The van der Waals surface area contributed by atoms with Crippen molar-refractivity contribution >= 4 is 16.0 Å². The Hall–Kier alpha value is -1.60. The molecule has 6 nitrogen and oxygen atoms in total. The van der Waals surface area contributed by atoms with Gasteiger partial charge in [0.1, 0.15) is 0 Å². The van der Waals surface area contributed by atoms with Crippen molar-refractivity contribution in [2.45, 2.75) is 58.4 Å². The van der Waals surface area contributed by atoms with Crippen LogP contribution >= 0.6 is 0 Å². The molecule has 28 heavy (non-hydrogen) atoms. The summed E-state index contributed by atoms with van der Waals surface area (Å²) in [7, 11) is -1.30. The maximum atomic E-state index is 12.0. The van der Waals surface area contributed by atoms with Gasteiger partial charge in [0, 0.05) is 32.7 Å². The van der Waals surface area contributed by atoms with Crippen LogP contribution in [0.25, 0.3) is 0 Å². The number of rotatable bonds is 8. The Labute approximate surface area is 170 Å². The molecule has 1 saturated heterocycles. The van der Waals surface area contributed by atoms with E-state index in [0.29, 0.717) is 19.0 Å². The second-order valence-corrected chi connectivity index (χ2v) is 9.97. The van der Waals surface area contributed by atoms with Crippen LogP contribution in [-0.4, -0.2) is 57.2 Å². The molecule has 0 unspecified atom stereocenters. The van der Waals surface area contributed by atoms with Gasteiger partial charge in [-0.1, -0.05) is 38.1 Å². The van der Waals surface area contributed by atoms with Crippen LogP contribution in [0.2, 0.25) is 0 Å². The molecule has 1 aliphatic rings. The molecule has 1 heterocycles. The smallest absolute Gasteiger partial charge is 0.213 e. The summed E-state index contributed by atoms with van der Waals surface area (Å²) in [6.45, 7) is 8.14. The van der Waals surface area contributed by atoms with E-state index in [1.807, 2.05) is 0 Å². The van der Waals surface area contributed by atoms with Crippen LogP contribution in [-0.2, 0) is 16.4 Å². The monoisotopic (exact) mass is 408 g/mol. The SMILES string of the molecule is CCS(=O)(=O)N1CCC(NC(=NC)NCCCc2ccc(C(C)C)cc2)CC1. The van der Waals surface area contributed by atoms with E-state index in [0.717, 1.165) is 38.2 Å². The highest BCUT2D eigenvalue weighted by atomic mass is 32.2.